The third-order valence-electron chi connectivity index (χ3n) is 4.79. The van der Waals surface area contributed by atoms with E-state index in [0.717, 1.165) is 37.6 Å². The zero-order valence-corrected chi connectivity index (χ0v) is 16.1. The highest BCUT2D eigenvalue weighted by Gasteiger charge is 2.14. The maximum Gasteiger partial charge on any atom is 0.255 e. The molecule has 0 aliphatic carbocycles. The van der Waals surface area contributed by atoms with E-state index in [1.807, 2.05) is 24.3 Å². The van der Waals surface area contributed by atoms with Gasteiger partial charge in [-0.15, -0.1) is 6.58 Å². The maximum absolute atomic E-state index is 12.6. The van der Waals surface area contributed by atoms with Crippen molar-refractivity contribution in [2.24, 2.45) is 0 Å². The van der Waals surface area contributed by atoms with E-state index in [0.29, 0.717) is 17.7 Å². The molecule has 2 amide bonds. The summed E-state index contributed by atoms with van der Waals surface area (Å²) in [5.41, 5.74) is 2.77. The molecule has 0 radical (unpaired) electrons. The van der Waals surface area contributed by atoms with Crippen LogP contribution in [0.4, 0.5) is 11.4 Å². The molecular weight excluding hydrogens is 352 g/mol. The number of likely N-dealkylation sites (N-methyl/N-ethyl adjacent to an activating group) is 1. The van der Waals surface area contributed by atoms with E-state index in [1.165, 1.54) is 0 Å². The van der Waals surface area contributed by atoms with Gasteiger partial charge in [0, 0.05) is 55.2 Å². The van der Waals surface area contributed by atoms with Crippen LogP contribution in [0.2, 0.25) is 0 Å². The monoisotopic (exact) mass is 378 g/mol. The van der Waals surface area contributed by atoms with Crippen LogP contribution in [0.5, 0.6) is 0 Å². The Bertz CT molecular complexity index is 840. The minimum atomic E-state index is -0.245. The van der Waals surface area contributed by atoms with E-state index >= 15 is 0 Å². The van der Waals surface area contributed by atoms with Crippen molar-refractivity contribution in [2.45, 2.75) is 0 Å². The molecule has 2 aromatic rings. The molecule has 0 saturated carbocycles. The lowest BCUT2D eigenvalue weighted by molar-refractivity contribution is 0.0958. The highest BCUT2D eigenvalue weighted by Crippen LogP contribution is 2.20. The van der Waals surface area contributed by atoms with Crippen LogP contribution in [0.15, 0.2) is 61.2 Å². The predicted octanol–water partition coefficient (Wildman–Crippen LogP) is 2.61. The van der Waals surface area contributed by atoms with Crippen molar-refractivity contribution in [1.82, 2.24) is 10.2 Å². The molecule has 6 heteroatoms. The summed E-state index contributed by atoms with van der Waals surface area (Å²) in [4.78, 5) is 29.3. The predicted molar refractivity (Wildman–Crippen MR) is 113 cm³/mol. The topological polar surface area (TPSA) is 64.7 Å². The van der Waals surface area contributed by atoms with Gasteiger partial charge in [0.1, 0.15) is 0 Å². The first-order valence-electron chi connectivity index (χ1n) is 9.41. The van der Waals surface area contributed by atoms with Crippen LogP contribution in [0, 0.1) is 0 Å². The van der Waals surface area contributed by atoms with E-state index in [2.05, 4.69) is 34.1 Å². The van der Waals surface area contributed by atoms with Crippen molar-refractivity contribution >= 4 is 23.2 Å². The van der Waals surface area contributed by atoms with Gasteiger partial charge in [0.25, 0.3) is 11.8 Å². The van der Waals surface area contributed by atoms with E-state index < -0.39 is 0 Å². The fraction of sp³-hybridized carbons (Fsp3) is 0.273. The highest BCUT2D eigenvalue weighted by atomic mass is 16.2. The number of amides is 2. The SMILES string of the molecule is C=CCNC(=O)c1cccc(C(=O)Nc2ccc(N3CCN(C)CC3)cc2)c1. The zero-order valence-electron chi connectivity index (χ0n) is 16.1. The zero-order chi connectivity index (χ0) is 19.9. The van der Waals surface area contributed by atoms with Gasteiger partial charge in [-0.1, -0.05) is 12.1 Å². The van der Waals surface area contributed by atoms with Crippen LogP contribution in [0.25, 0.3) is 0 Å². The third kappa shape index (κ3) is 4.98. The van der Waals surface area contributed by atoms with Crippen molar-refractivity contribution in [3.05, 3.63) is 72.3 Å². The summed E-state index contributed by atoms with van der Waals surface area (Å²) in [5, 5.41) is 5.60. The summed E-state index contributed by atoms with van der Waals surface area (Å²) in [6.07, 6.45) is 1.61. The summed E-state index contributed by atoms with van der Waals surface area (Å²) < 4.78 is 0. The van der Waals surface area contributed by atoms with Crippen LogP contribution < -0.4 is 15.5 Å². The Morgan fingerprint density at radius 3 is 2.29 bits per heavy atom. The van der Waals surface area contributed by atoms with Crippen molar-refractivity contribution in [3.8, 4) is 0 Å². The van der Waals surface area contributed by atoms with E-state index in [1.54, 1.807) is 30.3 Å². The number of rotatable bonds is 6. The molecule has 0 spiro atoms. The average molecular weight is 378 g/mol. The van der Waals surface area contributed by atoms with E-state index in [9.17, 15) is 9.59 Å². The van der Waals surface area contributed by atoms with Crippen LogP contribution in [-0.2, 0) is 0 Å². The van der Waals surface area contributed by atoms with Crippen LogP contribution in [0.3, 0.4) is 0 Å². The first-order valence-corrected chi connectivity index (χ1v) is 9.41. The van der Waals surface area contributed by atoms with Gasteiger partial charge in [0.2, 0.25) is 0 Å². The number of nitrogens with one attached hydrogen (secondary N) is 2. The second-order valence-electron chi connectivity index (χ2n) is 6.87. The van der Waals surface area contributed by atoms with Gasteiger partial charge >= 0.3 is 0 Å². The largest absolute Gasteiger partial charge is 0.369 e. The summed E-state index contributed by atoms with van der Waals surface area (Å²) in [6.45, 7) is 8.07. The Balaban J connectivity index is 1.63. The van der Waals surface area contributed by atoms with Gasteiger partial charge in [-0.3, -0.25) is 9.59 Å². The second-order valence-corrected chi connectivity index (χ2v) is 6.87. The number of hydrogen-bond donors (Lipinski definition) is 2. The molecule has 6 nitrogen and oxygen atoms in total. The van der Waals surface area contributed by atoms with E-state index in [-0.39, 0.29) is 11.8 Å². The normalized spacial score (nSPS) is 14.4. The number of hydrogen-bond acceptors (Lipinski definition) is 4. The average Bonchev–Trinajstić information content (AvgIpc) is 2.73. The molecule has 146 valence electrons. The summed E-state index contributed by atoms with van der Waals surface area (Å²) >= 11 is 0. The smallest absolute Gasteiger partial charge is 0.255 e. The molecule has 0 aromatic heterocycles. The van der Waals surface area contributed by atoms with Crippen molar-refractivity contribution < 1.29 is 9.59 Å². The molecule has 2 N–H and O–H groups in total. The van der Waals surface area contributed by atoms with Crippen molar-refractivity contribution in [2.75, 3.05) is 50.0 Å². The van der Waals surface area contributed by atoms with Gasteiger partial charge in [0.05, 0.1) is 0 Å². The minimum Gasteiger partial charge on any atom is -0.369 e. The highest BCUT2D eigenvalue weighted by molar-refractivity contribution is 6.06. The molecule has 1 aliphatic rings. The van der Waals surface area contributed by atoms with Gasteiger partial charge < -0.3 is 20.4 Å². The molecule has 2 aromatic carbocycles. The van der Waals surface area contributed by atoms with Crippen LogP contribution in [-0.4, -0.2) is 56.5 Å². The molecule has 0 atom stereocenters. The second kappa shape index (κ2) is 9.19. The van der Waals surface area contributed by atoms with Gasteiger partial charge in [-0.25, -0.2) is 0 Å². The molecule has 1 aliphatic heterocycles. The van der Waals surface area contributed by atoms with Gasteiger partial charge in [-0.05, 0) is 49.5 Å². The Hall–Kier alpha value is -3.12. The third-order valence-corrected chi connectivity index (χ3v) is 4.79. The molecule has 3 rings (SSSR count). The quantitative estimate of drug-likeness (QED) is 0.759. The Morgan fingerprint density at radius 1 is 1.00 bits per heavy atom. The lowest BCUT2D eigenvalue weighted by Gasteiger charge is -2.34. The molecule has 0 unspecified atom stereocenters. The summed E-state index contributed by atoms with van der Waals surface area (Å²) in [5.74, 6) is -0.475. The standard InChI is InChI=1S/C22H26N4O2/c1-3-11-23-21(27)17-5-4-6-18(16-17)22(28)24-19-7-9-20(10-8-19)26-14-12-25(2)13-15-26/h3-10,16H,1,11-15H2,2H3,(H,23,27)(H,24,28). The van der Waals surface area contributed by atoms with Crippen LogP contribution >= 0.6 is 0 Å². The Kier molecular flexibility index (Phi) is 6.45. The number of nitrogens with zero attached hydrogens (tertiary/aromatic N) is 2. The number of anilines is 2. The summed E-state index contributed by atoms with van der Waals surface area (Å²) in [7, 11) is 2.13. The molecular formula is C22H26N4O2. The number of carbonyl (C=O) groups excluding carboxylic acids is 2. The first kappa shape index (κ1) is 19.6. The van der Waals surface area contributed by atoms with Gasteiger partial charge in [0.15, 0.2) is 0 Å². The van der Waals surface area contributed by atoms with Crippen molar-refractivity contribution in [3.63, 3.8) is 0 Å². The fourth-order valence-electron chi connectivity index (χ4n) is 3.09. The molecule has 28 heavy (non-hydrogen) atoms. The molecule has 1 fully saturated rings. The Morgan fingerprint density at radius 2 is 1.64 bits per heavy atom. The lowest BCUT2D eigenvalue weighted by atomic mass is 10.1. The summed E-state index contributed by atoms with van der Waals surface area (Å²) in [6, 6.07) is 14.5. The van der Waals surface area contributed by atoms with Crippen molar-refractivity contribution in [1.29, 1.82) is 0 Å². The van der Waals surface area contributed by atoms with Gasteiger partial charge in [-0.2, -0.15) is 0 Å². The number of benzene rings is 2. The minimum absolute atomic E-state index is 0.230. The Labute approximate surface area is 165 Å². The lowest BCUT2D eigenvalue weighted by Crippen LogP contribution is -2.44. The fourth-order valence-corrected chi connectivity index (χ4v) is 3.09. The molecule has 1 heterocycles. The number of carbonyl (C=O) groups is 2. The first-order chi connectivity index (χ1) is 13.6. The number of piperazine rings is 1. The van der Waals surface area contributed by atoms with E-state index in [4.69, 9.17) is 0 Å². The maximum atomic E-state index is 12.6. The molecule has 1 saturated heterocycles. The van der Waals surface area contributed by atoms with Crippen LogP contribution in [0.1, 0.15) is 20.7 Å². The molecule has 0 bridgehead atoms.